The van der Waals surface area contributed by atoms with Crippen LogP contribution < -0.4 is 9.47 Å². The number of likely N-dealkylation sites (N-methyl/N-ethyl adjacent to an activating group) is 1. The number of hydrogen-bond acceptors (Lipinski definition) is 4. The number of aromatic carboxylic acids is 1. The van der Waals surface area contributed by atoms with Gasteiger partial charge >= 0.3 is 11.8 Å². The van der Waals surface area contributed by atoms with Crippen LogP contribution in [0.25, 0.3) is 6.08 Å². The molecule has 0 saturated carbocycles. The fourth-order valence-corrected chi connectivity index (χ4v) is 3.41. The van der Waals surface area contributed by atoms with Crippen LogP contribution in [0, 0.1) is 0 Å². The van der Waals surface area contributed by atoms with Crippen LogP contribution in [0.5, 0.6) is 11.5 Å². The van der Waals surface area contributed by atoms with E-state index in [4.69, 9.17) is 9.47 Å². The molecule has 4 rings (SSSR count). The minimum atomic E-state index is -1.32. The number of fused-ring (bicyclic) bond motifs is 1. The maximum absolute atomic E-state index is 12.0. The van der Waals surface area contributed by atoms with Crippen LogP contribution in [-0.4, -0.2) is 36.0 Å². The average molecular weight is 415 g/mol. The van der Waals surface area contributed by atoms with E-state index >= 15 is 0 Å². The molecule has 1 amide bonds. The summed E-state index contributed by atoms with van der Waals surface area (Å²) in [6.07, 6.45) is 2.94. The summed E-state index contributed by atoms with van der Waals surface area (Å²) in [6.45, 7) is 0. The van der Waals surface area contributed by atoms with Crippen molar-refractivity contribution in [3.05, 3.63) is 101 Å². The smallest absolute Gasteiger partial charge is 0.339 e. The maximum atomic E-state index is 12.0. The highest BCUT2D eigenvalue weighted by molar-refractivity contribution is 5.95. The van der Waals surface area contributed by atoms with Gasteiger partial charge in [-0.1, -0.05) is 60.7 Å². The highest BCUT2D eigenvalue weighted by Gasteiger charge is 2.47. The van der Waals surface area contributed by atoms with Gasteiger partial charge in [0.1, 0.15) is 5.56 Å². The van der Waals surface area contributed by atoms with Gasteiger partial charge in [-0.2, -0.15) is 0 Å². The first kappa shape index (κ1) is 20.2. The van der Waals surface area contributed by atoms with Gasteiger partial charge in [-0.15, -0.1) is 0 Å². The number of carbonyl (C=O) groups excluding carboxylic acids is 1. The molecule has 6 heteroatoms. The Kier molecular flexibility index (Phi) is 5.21. The zero-order valence-electron chi connectivity index (χ0n) is 17.1. The minimum absolute atomic E-state index is 0.0387. The lowest BCUT2D eigenvalue weighted by atomic mass is 9.97. The lowest BCUT2D eigenvalue weighted by molar-refractivity contribution is -0.123. The van der Waals surface area contributed by atoms with E-state index in [1.807, 2.05) is 60.7 Å². The normalized spacial score (nSPS) is 13.9. The molecule has 156 valence electrons. The molecule has 3 aromatic rings. The number of benzene rings is 3. The van der Waals surface area contributed by atoms with Crippen molar-refractivity contribution in [3.63, 3.8) is 0 Å². The van der Waals surface area contributed by atoms with Crippen molar-refractivity contribution in [2.75, 3.05) is 14.1 Å². The monoisotopic (exact) mass is 415 g/mol. The van der Waals surface area contributed by atoms with E-state index in [1.165, 1.54) is 17.0 Å². The third-order valence-electron chi connectivity index (χ3n) is 4.97. The summed E-state index contributed by atoms with van der Waals surface area (Å²) in [7, 11) is 3.28. The third kappa shape index (κ3) is 3.75. The first-order chi connectivity index (χ1) is 14.9. The molecule has 0 fully saturated rings. The van der Waals surface area contributed by atoms with Crippen LogP contribution in [-0.2, 0) is 10.6 Å². The molecule has 1 N–H and O–H groups in total. The molecule has 1 heterocycles. The summed E-state index contributed by atoms with van der Waals surface area (Å²) in [6, 6.07) is 21.9. The quantitative estimate of drug-likeness (QED) is 0.634. The Hall–Kier alpha value is -4.06. The second-order valence-corrected chi connectivity index (χ2v) is 7.32. The fourth-order valence-electron chi connectivity index (χ4n) is 3.41. The van der Waals surface area contributed by atoms with Gasteiger partial charge in [0, 0.05) is 31.3 Å². The molecule has 0 bridgehead atoms. The molecule has 0 aliphatic carbocycles. The first-order valence-corrected chi connectivity index (χ1v) is 9.70. The number of amides is 1. The molecular formula is C25H21NO5. The van der Waals surface area contributed by atoms with Gasteiger partial charge in [-0.25, -0.2) is 4.79 Å². The standard InChI is InChI=1S/C25H21NO5/c1-26(2)22(27)14-13-17-15-20(24(28)29)23-21(16-17)30-25(31-23,18-9-5-3-6-10-18)19-11-7-4-8-12-19/h3-16H,1-2H3,(H,28,29)/b14-13+. The molecule has 0 spiro atoms. The van der Waals surface area contributed by atoms with E-state index in [9.17, 15) is 14.7 Å². The van der Waals surface area contributed by atoms with Gasteiger partial charge in [0.25, 0.3) is 0 Å². The average Bonchev–Trinajstić information content (AvgIpc) is 3.18. The number of carbonyl (C=O) groups is 2. The predicted octanol–water partition coefficient (Wildman–Crippen LogP) is 4.16. The van der Waals surface area contributed by atoms with Crippen molar-refractivity contribution in [2.24, 2.45) is 0 Å². The van der Waals surface area contributed by atoms with Gasteiger partial charge in [0.05, 0.1) is 0 Å². The summed E-state index contributed by atoms with van der Waals surface area (Å²) < 4.78 is 12.6. The Morgan fingerprint density at radius 3 is 2.00 bits per heavy atom. The van der Waals surface area contributed by atoms with Gasteiger partial charge in [-0.3, -0.25) is 4.79 Å². The van der Waals surface area contributed by atoms with Gasteiger partial charge in [0.15, 0.2) is 11.5 Å². The third-order valence-corrected chi connectivity index (χ3v) is 4.97. The molecular weight excluding hydrogens is 394 g/mol. The van der Waals surface area contributed by atoms with Crippen molar-refractivity contribution in [1.29, 1.82) is 0 Å². The minimum Gasteiger partial charge on any atom is -0.478 e. The van der Waals surface area contributed by atoms with Gasteiger partial charge in [0.2, 0.25) is 5.91 Å². The van der Waals surface area contributed by atoms with E-state index in [-0.39, 0.29) is 17.2 Å². The molecule has 0 unspecified atom stereocenters. The Bertz CT molecular complexity index is 1110. The van der Waals surface area contributed by atoms with E-state index < -0.39 is 11.8 Å². The molecule has 0 aromatic heterocycles. The van der Waals surface area contributed by atoms with Crippen LogP contribution in [0.4, 0.5) is 0 Å². The van der Waals surface area contributed by atoms with Gasteiger partial charge < -0.3 is 19.5 Å². The maximum Gasteiger partial charge on any atom is 0.339 e. The second kappa shape index (κ2) is 7.99. The van der Waals surface area contributed by atoms with Crippen molar-refractivity contribution in [2.45, 2.75) is 5.79 Å². The van der Waals surface area contributed by atoms with Gasteiger partial charge in [-0.05, 0) is 23.8 Å². The Morgan fingerprint density at radius 1 is 0.903 bits per heavy atom. The predicted molar refractivity (Wildman–Crippen MR) is 116 cm³/mol. The molecule has 0 radical (unpaired) electrons. The van der Waals surface area contributed by atoms with Crippen LogP contribution in [0.3, 0.4) is 0 Å². The lowest BCUT2D eigenvalue weighted by Gasteiger charge is -2.28. The number of hydrogen-bond donors (Lipinski definition) is 1. The summed E-state index contributed by atoms with van der Waals surface area (Å²) in [5.74, 6) is -2.24. The second-order valence-electron chi connectivity index (χ2n) is 7.32. The highest BCUT2D eigenvalue weighted by atomic mass is 16.7. The van der Waals surface area contributed by atoms with E-state index in [2.05, 4.69) is 0 Å². The van der Waals surface area contributed by atoms with Crippen LogP contribution in [0.15, 0.2) is 78.9 Å². The number of rotatable bonds is 5. The number of carboxylic acids is 1. The molecule has 1 aliphatic rings. The molecule has 3 aromatic carbocycles. The molecule has 0 atom stereocenters. The van der Waals surface area contributed by atoms with E-state index in [0.717, 1.165) is 11.1 Å². The number of nitrogens with zero attached hydrogens (tertiary/aromatic N) is 1. The molecule has 6 nitrogen and oxygen atoms in total. The molecule has 0 saturated heterocycles. The van der Waals surface area contributed by atoms with E-state index in [0.29, 0.717) is 11.3 Å². The summed E-state index contributed by atoms with van der Waals surface area (Å²) in [4.78, 5) is 25.3. The first-order valence-electron chi connectivity index (χ1n) is 9.70. The Labute approximate surface area is 180 Å². The number of carboxylic acid groups (broad SMARTS) is 1. The zero-order valence-corrected chi connectivity index (χ0v) is 17.1. The van der Waals surface area contributed by atoms with Crippen LogP contribution >= 0.6 is 0 Å². The van der Waals surface area contributed by atoms with Crippen molar-refractivity contribution < 1.29 is 24.2 Å². The topological polar surface area (TPSA) is 76.1 Å². The molecule has 31 heavy (non-hydrogen) atoms. The Balaban J connectivity index is 1.84. The lowest BCUT2D eigenvalue weighted by Crippen LogP contribution is -2.36. The highest BCUT2D eigenvalue weighted by Crippen LogP contribution is 2.49. The van der Waals surface area contributed by atoms with Crippen molar-refractivity contribution in [3.8, 4) is 11.5 Å². The summed E-state index contributed by atoms with van der Waals surface area (Å²) in [5, 5.41) is 9.82. The van der Waals surface area contributed by atoms with Crippen LogP contribution in [0.1, 0.15) is 27.0 Å². The SMILES string of the molecule is CN(C)C(=O)/C=C/c1cc2c(c(C(=O)O)c1)OC(c1ccccc1)(c1ccccc1)O2. The number of ether oxygens (including phenoxy) is 2. The zero-order chi connectivity index (χ0) is 22.0. The summed E-state index contributed by atoms with van der Waals surface area (Å²) in [5.41, 5.74) is 1.94. The largest absolute Gasteiger partial charge is 0.478 e. The Morgan fingerprint density at radius 2 is 1.48 bits per heavy atom. The fraction of sp³-hybridized carbons (Fsp3) is 0.120. The molecule has 1 aliphatic heterocycles. The summed E-state index contributed by atoms with van der Waals surface area (Å²) >= 11 is 0. The van der Waals surface area contributed by atoms with Crippen LogP contribution in [0.2, 0.25) is 0 Å². The van der Waals surface area contributed by atoms with Crippen molar-refractivity contribution >= 4 is 18.0 Å². The van der Waals surface area contributed by atoms with Crippen molar-refractivity contribution in [1.82, 2.24) is 4.90 Å². The van der Waals surface area contributed by atoms with E-state index in [1.54, 1.807) is 26.2 Å².